The van der Waals surface area contributed by atoms with Crippen molar-refractivity contribution < 1.29 is 25.6 Å². The van der Waals surface area contributed by atoms with Crippen LogP contribution in [-0.4, -0.2) is 59.1 Å². The first-order valence-corrected chi connectivity index (χ1v) is 9.35. The number of nitrogens with one attached hydrogen (secondary N) is 1. The molecule has 0 aliphatic carbocycles. The highest BCUT2D eigenvalue weighted by molar-refractivity contribution is 5.88. The lowest BCUT2D eigenvalue weighted by Crippen LogP contribution is -2.53. The van der Waals surface area contributed by atoms with E-state index in [-0.39, 0.29) is 6.61 Å². The van der Waals surface area contributed by atoms with Crippen LogP contribution >= 0.6 is 0 Å². The SMILES string of the molecule is [2H]OC(=O)[C@@H]1CCCN1C(=O)[C@H](C)N([2H])[C@@H](CCc1ccccc1)C(=O)OCC. The van der Waals surface area contributed by atoms with Gasteiger partial charge in [0.1, 0.15) is 13.5 Å². The molecule has 0 spiro atoms. The van der Waals surface area contributed by atoms with E-state index in [9.17, 15) is 14.4 Å². The lowest BCUT2D eigenvalue weighted by atomic mass is 10.0. The topological polar surface area (TPSA) is 95.9 Å². The van der Waals surface area contributed by atoms with Crippen molar-refractivity contribution in [2.24, 2.45) is 0 Å². The first-order valence-electron chi connectivity index (χ1n) is 10.2. The van der Waals surface area contributed by atoms with E-state index in [4.69, 9.17) is 7.58 Å². The number of likely N-dealkylation sites (tertiary alicyclic amines) is 1. The average molecular weight is 378 g/mol. The normalized spacial score (nSPS) is 19.8. The maximum atomic E-state index is 12.9. The van der Waals surface area contributed by atoms with Gasteiger partial charge >= 0.3 is 11.9 Å². The summed E-state index contributed by atoms with van der Waals surface area (Å²) in [6.07, 6.45) is 1.91. The third-order valence-corrected chi connectivity index (χ3v) is 4.68. The molecule has 0 unspecified atom stereocenters. The molecule has 7 nitrogen and oxygen atoms in total. The average Bonchev–Trinajstić information content (AvgIpc) is 3.23. The number of hydrogen-bond acceptors (Lipinski definition) is 6. The number of aryl methyl sites for hydroxylation is 1. The minimum atomic E-state index is -0.959. The standard InChI is InChI=1S/C20H28N2O5/c1-3-27-20(26)16(12-11-15-8-5-4-6-9-15)21-14(2)18(23)22-13-7-10-17(22)19(24)25/h4-6,8-9,14,16-17,21H,3,7,10-13H2,1-2H3,(H,24,25)/t14-,16-,17-/m0/s1/i/hD2. The molecule has 1 aliphatic rings. The highest BCUT2D eigenvalue weighted by atomic mass is 16.5. The fraction of sp³-hybridized carbons (Fsp3) is 0.550. The maximum Gasteiger partial charge on any atom is 0.326 e. The zero-order valence-corrected chi connectivity index (χ0v) is 15.8. The summed E-state index contributed by atoms with van der Waals surface area (Å²) >= 11 is 0. The molecular weight excluding hydrogens is 348 g/mol. The summed E-state index contributed by atoms with van der Waals surface area (Å²) in [5.74, 6) is -1.78. The van der Waals surface area contributed by atoms with Gasteiger partial charge < -0.3 is 14.7 Å². The zero-order valence-electron chi connectivity index (χ0n) is 17.8. The van der Waals surface area contributed by atoms with Crippen molar-refractivity contribution in [2.45, 2.75) is 57.7 Å². The molecule has 3 atom stereocenters. The fourth-order valence-corrected chi connectivity index (χ4v) is 3.29. The van der Waals surface area contributed by atoms with E-state index in [0.29, 0.717) is 32.2 Å². The molecule has 27 heavy (non-hydrogen) atoms. The monoisotopic (exact) mass is 378 g/mol. The van der Waals surface area contributed by atoms with Gasteiger partial charge in [-0.15, -0.1) is 0 Å². The van der Waals surface area contributed by atoms with Gasteiger partial charge in [-0.25, -0.2) is 4.79 Å². The number of benzene rings is 1. The molecule has 1 saturated heterocycles. The molecule has 1 fully saturated rings. The highest BCUT2D eigenvalue weighted by Gasteiger charge is 2.36. The van der Waals surface area contributed by atoms with Crippen LogP contribution in [0.2, 0.25) is 1.41 Å². The van der Waals surface area contributed by atoms with Crippen LogP contribution in [0.15, 0.2) is 30.3 Å². The second-order valence-corrected chi connectivity index (χ2v) is 6.63. The number of carboxylic acid groups (broad SMARTS) is 1. The van der Waals surface area contributed by atoms with Crippen LogP contribution in [0.1, 0.15) is 38.7 Å². The Hall–Kier alpha value is -2.41. The Balaban J connectivity index is 2.11. The summed E-state index contributed by atoms with van der Waals surface area (Å²) in [5, 5.41) is 5.01. The van der Waals surface area contributed by atoms with Gasteiger partial charge in [0.15, 0.2) is 0 Å². The van der Waals surface area contributed by atoms with Crippen LogP contribution in [0, 0.1) is 0 Å². The van der Waals surface area contributed by atoms with Crippen molar-refractivity contribution in [1.82, 2.24) is 10.2 Å². The predicted molar refractivity (Wildman–Crippen MR) is 100 cm³/mol. The Morgan fingerprint density at radius 2 is 2.15 bits per heavy atom. The number of aliphatic carboxylic acids is 1. The van der Waals surface area contributed by atoms with Gasteiger partial charge in [-0.1, -0.05) is 30.3 Å². The third kappa shape index (κ3) is 5.79. The number of carboxylic acids is 1. The summed E-state index contributed by atoms with van der Waals surface area (Å²) in [4.78, 5) is 38.5. The smallest absolute Gasteiger partial charge is 0.326 e. The van der Waals surface area contributed by atoms with Gasteiger partial charge in [0.2, 0.25) is 5.91 Å². The van der Waals surface area contributed by atoms with E-state index in [1.54, 1.807) is 6.92 Å². The number of amides is 1. The summed E-state index contributed by atoms with van der Waals surface area (Å²) in [6, 6.07) is 6.88. The van der Waals surface area contributed by atoms with Crippen molar-refractivity contribution in [3.63, 3.8) is 0 Å². The van der Waals surface area contributed by atoms with Crippen LogP contribution in [-0.2, 0) is 25.5 Å². The number of esters is 1. The van der Waals surface area contributed by atoms with Crippen LogP contribution in [0.25, 0.3) is 1.43 Å². The molecule has 7 heteroatoms. The Morgan fingerprint density at radius 3 is 2.81 bits per heavy atom. The largest absolute Gasteiger partial charge is 0.480 e. The van der Waals surface area contributed by atoms with Crippen LogP contribution < -0.4 is 5.31 Å². The molecule has 0 aromatic heterocycles. The van der Waals surface area contributed by atoms with Gasteiger partial charge in [-0.05, 0) is 45.1 Å². The van der Waals surface area contributed by atoms with Crippen molar-refractivity contribution in [1.29, 1.82) is 1.43 Å². The molecule has 1 amide bonds. The quantitative estimate of drug-likeness (QED) is 0.634. The first kappa shape index (κ1) is 18.0. The zero-order chi connectivity index (χ0) is 21.4. The van der Waals surface area contributed by atoms with E-state index in [0.717, 1.165) is 10.9 Å². The van der Waals surface area contributed by atoms with E-state index >= 15 is 0 Å². The molecule has 0 radical (unpaired) electrons. The van der Waals surface area contributed by atoms with Gasteiger partial charge in [-0.2, -0.15) is 0 Å². The Kier molecular flexibility index (Phi) is 6.70. The third-order valence-electron chi connectivity index (χ3n) is 4.68. The minimum absolute atomic E-state index is 0.181. The molecule has 2 N–H and O–H groups in total. The molecule has 148 valence electrons. The van der Waals surface area contributed by atoms with Crippen molar-refractivity contribution in [3.05, 3.63) is 35.9 Å². The molecule has 2 rings (SSSR count). The number of nitrogens with zero attached hydrogens (tertiary/aromatic N) is 1. The number of rotatable bonds is 9. The predicted octanol–water partition coefficient (Wildman–Crippen LogP) is 1.60. The summed E-state index contributed by atoms with van der Waals surface area (Å²) in [5.41, 5.74) is 1.02. The van der Waals surface area contributed by atoms with Crippen LogP contribution in [0.5, 0.6) is 0 Å². The fourth-order valence-electron chi connectivity index (χ4n) is 3.29. The number of carbonyl (C=O) groups is 3. The number of ether oxygens (including phenoxy) is 1. The van der Waals surface area contributed by atoms with Crippen molar-refractivity contribution >= 4 is 17.8 Å². The van der Waals surface area contributed by atoms with Gasteiger partial charge in [0.05, 0.1) is 12.6 Å². The molecule has 1 aliphatic heterocycles. The van der Waals surface area contributed by atoms with Crippen molar-refractivity contribution in [2.75, 3.05) is 13.2 Å². The molecular formula is C20H28N2O5. The lowest BCUT2D eigenvalue weighted by Gasteiger charge is -2.27. The van der Waals surface area contributed by atoms with E-state index in [1.165, 1.54) is 11.8 Å². The number of carbonyl (C=O) groups excluding carboxylic acids is 2. The van der Waals surface area contributed by atoms with Gasteiger partial charge in [-0.3, -0.25) is 14.9 Å². The second-order valence-electron chi connectivity index (χ2n) is 6.63. The molecule has 0 saturated carbocycles. The summed E-state index contributed by atoms with van der Waals surface area (Å²) < 4.78 is 20.4. The minimum Gasteiger partial charge on any atom is -0.480 e. The Bertz CT molecular complexity index is 703. The number of hydrogen-bond donors (Lipinski definition) is 2. The lowest BCUT2D eigenvalue weighted by molar-refractivity contribution is -0.150. The van der Waals surface area contributed by atoms with Crippen molar-refractivity contribution in [3.8, 4) is 0 Å². The van der Waals surface area contributed by atoms with Gasteiger partial charge in [0, 0.05) is 6.54 Å². The Morgan fingerprint density at radius 1 is 1.41 bits per heavy atom. The first-order chi connectivity index (χ1) is 13.9. The second kappa shape index (κ2) is 10.1. The van der Waals surface area contributed by atoms with Gasteiger partial charge in [0.25, 0.3) is 1.43 Å². The Labute approximate surface area is 162 Å². The molecule has 1 aromatic rings. The van der Waals surface area contributed by atoms with Crippen LogP contribution in [0.3, 0.4) is 0 Å². The summed E-state index contributed by atoms with van der Waals surface area (Å²) in [6.45, 7) is 3.76. The molecule has 1 aromatic carbocycles. The van der Waals surface area contributed by atoms with Crippen LogP contribution in [0.4, 0.5) is 0 Å². The highest BCUT2D eigenvalue weighted by Crippen LogP contribution is 2.19. The maximum absolute atomic E-state index is 12.9. The van der Waals surface area contributed by atoms with E-state index in [1.807, 2.05) is 30.3 Å². The van der Waals surface area contributed by atoms with E-state index in [2.05, 4.69) is 5.11 Å². The molecule has 0 bridgehead atoms. The summed E-state index contributed by atoms with van der Waals surface area (Å²) in [7, 11) is 0. The molecule has 1 heterocycles. The van der Waals surface area contributed by atoms with E-state index < -0.39 is 36.0 Å².